The monoisotopic (exact) mass is 436 g/mol. The predicted octanol–water partition coefficient (Wildman–Crippen LogP) is 4.97. The second-order valence-electron chi connectivity index (χ2n) is 8.32. The highest BCUT2D eigenvalue weighted by molar-refractivity contribution is 7.14. The summed E-state index contributed by atoms with van der Waals surface area (Å²) in [4.78, 5) is 20.1. The van der Waals surface area contributed by atoms with Crippen molar-refractivity contribution in [2.75, 3.05) is 30.0 Å². The normalized spacial score (nSPS) is 21.0. The van der Waals surface area contributed by atoms with E-state index in [9.17, 15) is 4.79 Å². The van der Waals surface area contributed by atoms with E-state index in [4.69, 9.17) is 9.72 Å². The topological polar surface area (TPSA) is 59.4 Å². The molecule has 4 heterocycles. The summed E-state index contributed by atoms with van der Waals surface area (Å²) < 4.78 is 7.50. The average molecular weight is 437 g/mol. The van der Waals surface area contributed by atoms with Gasteiger partial charge in [0.2, 0.25) is 0 Å². The van der Waals surface area contributed by atoms with Crippen LogP contribution in [0.4, 0.5) is 10.8 Å². The zero-order chi connectivity index (χ0) is 21.0. The van der Waals surface area contributed by atoms with Gasteiger partial charge in [-0.3, -0.25) is 10.1 Å². The first-order valence-electron chi connectivity index (χ1n) is 11.1. The van der Waals surface area contributed by atoms with E-state index in [1.165, 1.54) is 17.0 Å². The Balaban J connectivity index is 1.24. The highest BCUT2D eigenvalue weighted by Crippen LogP contribution is 2.37. The smallest absolute Gasteiger partial charge is 0.274 e. The van der Waals surface area contributed by atoms with Crippen LogP contribution in [0.2, 0.25) is 0 Å². The number of amides is 1. The van der Waals surface area contributed by atoms with Crippen molar-refractivity contribution in [3.05, 3.63) is 65.4 Å². The van der Waals surface area contributed by atoms with E-state index >= 15 is 0 Å². The number of rotatable bonds is 7. The third kappa shape index (κ3) is 4.52. The predicted molar refractivity (Wildman–Crippen MR) is 124 cm³/mol. The van der Waals surface area contributed by atoms with E-state index in [0.29, 0.717) is 16.7 Å². The first-order chi connectivity index (χ1) is 15.3. The minimum absolute atomic E-state index is 0.0973. The van der Waals surface area contributed by atoms with Crippen LogP contribution >= 0.6 is 11.3 Å². The molecule has 0 aliphatic carbocycles. The van der Waals surface area contributed by atoms with Crippen LogP contribution in [0.1, 0.15) is 47.9 Å². The summed E-state index contributed by atoms with van der Waals surface area (Å²) in [5.41, 5.74) is 2.95. The van der Waals surface area contributed by atoms with Gasteiger partial charge in [-0.15, -0.1) is 11.3 Å². The summed E-state index contributed by atoms with van der Waals surface area (Å²) in [5.74, 6) is 0.499. The summed E-state index contributed by atoms with van der Waals surface area (Å²) in [6.45, 7) is 3.57. The minimum atomic E-state index is -0.0973. The number of para-hydroxylation sites is 1. The van der Waals surface area contributed by atoms with E-state index in [2.05, 4.69) is 39.9 Å². The Morgan fingerprint density at radius 3 is 2.94 bits per heavy atom. The summed E-state index contributed by atoms with van der Waals surface area (Å²) in [6.07, 6.45) is 6.37. The number of aryl methyl sites for hydroxylation is 1. The van der Waals surface area contributed by atoms with Crippen LogP contribution in [-0.2, 0) is 11.3 Å². The molecule has 0 radical (unpaired) electrons. The van der Waals surface area contributed by atoms with Crippen LogP contribution in [0, 0.1) is 5.92 Å². The zero-order valence-electron chi connectivity index (χ0n) is 17.6. The van der Waals surface area contributed by atoms with Crippen molar-refractivity contribution in [2.24, 2.45) is 5.92 Å². The van der Waals surface area contributed by atoms with Gasteiger partial charge in [0, 0.05) is 43.6 Å². The number of nitrogens with one attached hydrogen (secondary N) is 1. The highest BCUT2D eigenvalue weighted by Gasteiger charge is 2.28. The molecule has 0 spiro atoms. The molecule has 0 bridgehead atoms. The standard InChI is InChI=1S/C24H28N4O2S/c29-23(22-9-4-12-27(22)14-10-18-11-15-30-16-18)26-24-25-20(17-31-24)21-8-5-13-28(21)19-6-2-1-3-7-19/h1-4,6-7,9,12,17-18,21H,5,8,10-11,13-16H2,(H,25,26,29)/t18?,21-/m1/s1. The first-order valence-corrected chi connectivity index (χ1v) is 12.0. The van der Waals surface area contributed by atoms with Crippen molar-refractivity contribution in [2.45, 2.75) is 38.3 Å². The second kappa shape index (κ2) is 9.24. The zero-order valence-corrected chi connectivity index (χ0v) is 18.4. The van der Waals surface area contributed by atoms with E-state index in [1.54, 1.807) is 0 Å². The third-order valence-corrected chi connectivity index (χ3v) is 7.06. The Bertz CT molecular complexity index is 1010. The maximum Gasteiger partial charge on any atom is 0.274 e. The van der Waals surface area contributed by atoms with Crippen molar-refractivity contribution in [3.63, 3.8) is 0 Å². The Hall–Kier alpha value is -2.64. The lowest BCUT2D eigenvalue weighted by Gasteiger charge is -2.25. The second-order valence-corrected chi connectivity index (χ2v) is 9.18. The Labute approximate surface area is 186 Å². The van der Waals surface area contributed by atoms with Gasteiger partial charge < -0.3 is 14.2 Å². The Morgan fingerprint density at radius 1 is 1.19 bits per heavy atom. The maximum absolute atomic E-state index is 12.9. The lowest BCUT2D eigenvalue weighted by molar-refractivity contribution is 0.101. The molecular weight excluding hydrogens is 408 g/mol. The Morgan fingerprint density at radius 2 is 2.10 bits per heavy atom. The number of ether oxygens (including phenoxy) is 1. The van der Waals surface area contributed by atoms with Crippen LogP contribution in [0.15, 0.2) is 54.0 Å². The summed E-state index contributed by atoms with van der Waals surface area (Å²) in [5, 5.41) is 5.76. The van der Waals surface area contributed by atoms with Crippen LogP contribution in [0.3, 0.4) is 0 Å². The van der Waals surface area contributed by atoms with Gasteiger partial charge in [0.05, 0.1) is 11.7 Å². The number of nitrogens with zero attached hydrogens (tertiary/aromatic N) is 3. The first kappa shape index (κ1) is 20.3. The molecule has 1 amide bonds. The quantitative estimate of drug-likeness (QED) is 0.568. The molecule has 2 atom stereocenters. The number of carbonyl (C=O) groups excluding carboxylic acids is 1. The van der Waals surface area contributed by atoms with E-state index in [1.807, 2.05) is 29.0 Å². The third-order valence-electron chi connectivity index (χ3n) is 6.29. The van der Waals surface area contributed by atoms with Crippen molar-refractivity contribution in [3.8, 4) is 0 Å². The van der Waals surface area contributed by atoms with Gasteiger partial charge >= 0.3 is 0 Å². The molecular formula is C24H28N4O2S. The van der Waals surface area contributed by atoms with E-state index in [0.717, 1.165) is 57.7 Å². The van der Waals surface area contributed by atoms with Gasteiger partial charge in [0.1, 0.15) is 5.69 Å². The number of benzene rings is 1. The molecule has 3 aromatic rings. The molecule has 2 aliphatic heterocycles. The fraction of sp³-hybridized carbons (Fsp3) is 0.417. The van der Waals surface area contributed by atoms with Crippen molar-refractivity contribution >= 4 is 28.1 Å². The summed E-state index contributed by atoms with van der Waals surface area (Å²) in [7, 11) is 0. The SMILES string of the molecule is O=C(Nc1nc([C@H]2CCCN2c2ccccc2)cs1)c1cccn1CCC1CCOC1. The fourth-order valence-corrected chi connectivity index (χ4v) is 5.36. The summed E-state index contributed by atoms with van der Waals surface area (Å²) in [6, 6.07) is 14.6. The molecule has 6 nitrogen and oxygen atoms in total. The van der Waals surface area contributed by atoms with Crippen LogP contribution in [0.5, 0.6) is 0 Å². The van der Waals surface area contributed by atoms with Gasteiger partial charge in [-0.25, -0.2) is 4.98 Å². The van der Waals surface area contributed by atoms with Gasteiger partial charge in [0.25, 0.3) is 5.91 Å². The molecule has 2 aliphatic rings. The molecule has 1 aromatic carbocycles. The fourth-order valence-electron chi connectivity index (χ4n) is 4.61. The van der Waals surface area contributed by atoms with E-state index < -0.39 is 0 Å². The molecule has 2 fully saturated rings. The highest BCUT2D eigenvalue weighted by atomic mass is 32.1. The van der Waals surface area contributed by atoms with Gasteiger partial charge in [-0.1, -0.05) is 18.2 Å². The number of thiazole rings is 1. The lowest BCUT2D eigenvalue weighted by atomic mass is 10.1. The summed E-state index contributed by atoms with van der Waals surface area (Å²) >= 11 is 1.50. The molecule has 2 saturated heterocycles. The molecule has 31 heavy (non-hydrogen) atoms. The van der Waals surface area contributed by atoms with Gasteiger partial charge in [-0.05, 0) is 55.9 Å². The number of hydrogen-bond donors (Lipinski definition) is 1. The average Bonchev–Trinajstić information content (AvgIpc) is 3.60. The van der Waals surface area contributed by atoms with Crippen molar-refractivity contribution in [1.82, 2.24) is 9.55 Å². The molecule has 1 unspecified atom stereocenters. The van der Waals surface area contributed by atoms with Crippen molar-refractivity contribution in [1.29, 1.82) is 0 Å². The minimum Gasteiger partial charge on any atom is -0.381 e. The number of anilines is 2. The van der Waals surface area contributed by atoms with Gasteiger partial charge in [0.15, 0.2) is 5.13 Å². The van der Waals surface area contributed by atoms with Crippen LogP contribution < -0.4 is 10.2 Å². The number of aromatic nitrogens is 2. The number of carbonyl (C=O) groups is 1. The molecule has 2 aromatic heterocycles. The maximum atomic E-state index is 12.9. The molecule has 7 heteroatoms. The largest absolute Gasteiger partial charge is 0.381 e. The Kier molecular flexibility index (Phi) is 6.04. The molecule has 0 saturated carbocycles. The van der Waals surface area contributed by atoms with E-state index in [-0.39, 0.29) is 11.9 Å². The molecule has 162 valence electrons. The van der Waals surface area contributed by atoms with Gasteiger partial charge in [-0.2, -0.15) is 0 Å². The number of hydrogen-bond acceptors (Lipinski definition) is 5. The molecule has 1 N–H and O–H groups in total. The van der Waals surface area contributed by atoms with Crippen molar-refractivity contribution < 1.29 is 9.53 Å². The lowest BCUT2D eigenvalue weighted by Crippen LogP contribution is -2.22. The molecule has 5 rings (SSSR count). The van der Waals surface area contributed by atoms with Crippen LogP contribution in [0.25, 0.3) is 0 Å². The van der Waals surface area contributed by atoms with Crippen LogP contribution in [-0.4, -0.2) is 35.2 Å².